The molecule has 1 aliphatic rings. The molecule has 0 fully saturated rings. The molecule has 0 aliphatic carbocycles. The minimum Gasteiger partial charge on any atom is -0.362 e. The van der Waals surface area contributed by atoms with Crippen LogP contribution in [0.3, 0.4) is 0 Å². The highest BCUT2D eigenvalue weighted by Crippen LogP contribution is 2.42. The van der Waals surface area contributed by atoms with Crippen molar-refractivity contribution < 1.29 is 27.5 Å². The average Bonchev–Trinajstić information content (AvgIpc) is 2.94. The van der Waals surface area contributed by atoms with Crippen LogP contribution in [0.4, 0.5) is 17.6 Å². The summed E-state index contributed by atoms with van der Waals surface area (Å²) in [6.07, 6.45) is -6.14. The fraction of sp³-hybridized carbons (Fsp3) is 0.176. The van der Waals surface area contributed by atoms with Crippen molar-refractivity contribution in [1.82, 2.24) is 5.01 Å². The summed E-state index contributed by atoms with van der Waals surface area (Å²) in [6.45, 7) is 0. The molecule has 9 heteroatoms. The molecule has 0 spiro atoms. The third-order valence-electron chi connectivity index (χ3n) is 3.88. The molecular formula is C17H11ClF4N2O2. The van der Waals surface area contributed by atoms with Crippen LogP contribution in [0.2, 0.25) is 5.02 Å². The van der Waals surface area contributed by atoms with Gasteiger partial charge in [-0.2, -0.15) is 23.3 Å². The number of hydrazone groups is 1. The molecule has 1 aliphatic heterocycles. The van der Waals surface area contributed by atoms with Gasteiger partial charge in [-0.1, -0.05) is 29.8 Å². The lowest BCUT2D eigenvalue weighted by Gasteiger charge is -2.32. The molecule has 2 aromatic rings. The van der Waals surface area contributed by atoms with Gasteiger partial charge in [-0.05, 0) is 35.9 Å². The molecule has 3 rings (SSSR count). The lowest BCUT2D eigenvalue weighted by molar-refractivity contribution is -0.297. The maximum Gasteiger partial charge on any atom is 0.438 e. The van der Waals surface area contributed by atoms with E-state index in [4.69, 9.17) is 11.6 Å². The number of carbonyl (C=O) groups excluding carboxylic acids is 1. The topological polar surface area (TPSA) is 52.9 Å². The van der Waals surface area contributed by atoms with Crippen LogP contribution in [-0.4, -0.2) is 33.6 Å². The predicted octanol–water partition coefficient (Wildman–Crippen LogP) is 3.98. The number of benzene rings is 2. The molecule has 0 aromatic heterocycles. The van der Waals surface area contributed by atoms with Crippen LogP contribution >= 0.6 is 11.6 Å². The Bertz CT molecular complexity index is 883. The molecule has 0 bridgehead atoms. The minimum atomic E-state index is -5.16. The predicted molar refractivity (Wildman–Crippen MR) is 86.2 cm³/mol. The van der Waals surface area contributed by atoms with Crippen LogP contribution in [0.1, 0.15) is 22.3 Å². The van der Waals surface area contributed by atoms with Gasteiger partial charge >= 0.3 is 6.18 Å². The average molecular weight is 387 g/mol. The van der Waals surface area contributed by atoms with Crippen molar-refractivity contribution in [1.29, 1.82) is 0 Å². The van der Waals surface area contributed by atoms with E-state index in [1.165, 1.54) is 36.4 Å². The van der Waals surface area contributed by atoms with Crippen LogP contribution in [0, 0.1) is 5.82 Å². The summed E-state index contributed by atoms with van der Waals surface area (Å²) in [4.78, 5) is 12.5. The lowest BCUT2D eigenvalue weighted by Crippen LogP contribution is -2.56. The van der Waals surface area contributed by atoms with E-state index in [0.717, 1.165) is 12.1 Å². The van der Waals surface area contributed by atoms with E-state index in [1.807, 2.05) is 0 Å². The second-order valence-corrected chi connectivity index (χ2v) is 6.11. The maximum atomic E-state index is 13.5. The Labute approximate surface area is 150 Å². The molecule has 1 atom stereocenters. The first kappa shape index (κ1) is 18.3. The quantitative estimate of drug-likeness (QED) is 0.794. The van der Waals surface area contributed by atoms with Crippen LogP contribution in [0.25, 0.3) is 0 Å². The van der Waals surface area contributed by atoms with Gasteiger partial charge in [-0.25, -0.2) is 4.39 Å². The van der Waals surface area contributed by atoms with Gasteiger partial charge in [-0.3, -0.25) is 4.79 Å². The molecule has 4 nitrogen and oxygen atoms in total. The minimum absolute atomic E-state index is 0.00263. The molecule has 2 aromatic carbocycles. The third kappa shape index (κ3) is 3.17. The summed E-state index contributed by atoms with van der Waals surface area (Å²) >= 11 is 5.77. The summed E-state index contributed by atoms with van der Waals surface area (Å²) in [7, 11) is 0. The highest BCUT2D eigenvalue weighted by Gasteiger charge is 2.63. The van der Waals surface area contributed by atoms with Gasteiger partial charge in [-0.15, -0.1) is 0 Å². The van der Waals surface area contributed by atoms with E-state index >= 15 is 0 Å². The van der Waals surface area contributed by atoms with Crippen LogP contribution in [0.5, 0.6) is 0 Å². The fourth-order valence-electron chi connectivity index (χ4n) is 2.53. The number of carbonyl (C=O) groups is 1. The van der Waals surface area contributed by atoms with Crippen LogP contribution < -0.4 is 0 Å². The Kier molecular flexibility index (Phi) is 4.49. The second kappa shape index (κ2) is 6.37. The molecule has 0 unspecified atom stereocenters. The molecule has 136 valence electrons. The Balaban J connectivity index is 2.05. The number of rotatable bonds is 2. The normalized spacial score (nSPS) is 20.2. The zero-order valence-electron chi connectivity index (χ0n) is 13.0. The second-order valence-electron chi connectivity index (χ2n) is 5.67. The van der Waals surface area contributed by atoms with Gasteiger partial charge in [0.05, 0.1) is 12.1 Å². The number of nitrogens with zero attached hydrogens (tertiary/aromatic N) is 2. The van der Waals surface area contributed by atoms with Gasteiger partial charge in [0.1, 0.15) is 5.82 Å². The summed E-state index contributed by atoms with van der Waals surface area (Å²) in [5.74, 6) is -1.74. The molecule has 0 saturated heterocycles. The van der Waals surface area contributed by atoms with Gasteiger partial charge in [0.2, 0.25) is 0 Å². The standard InChI is InChI=1S/C17H11ClF4N2O2/c18-12-3-1-2-11(8-12)15(25)24-16(26,17(20,21)22)9-14(23-24)10-4-6-13(19)7-5-10/h1-8,26H,9H2/t16-/m0/s1. The van der Waals surface area contributed by atoms with Crippen molar-refractivity contribution in [2.75, 3.05) is 0 Å². The summed E-state index contributed by atoms with van der Waals surface area (Å²) in [5.41, 5.74) is -3.71. The first-order valence-electron chi connectivity index (χ1n) is 7.34. The van der Waals surface area contributed by atoms with E-state index < -0.39 is 30.0 Å². The zero-order chi connectivity index (χ0) is 19.1. The summed E-state index contributed by atoms with van der Waals surface area (Å²) in [6, 6.07) is 9.81. The van der Waals surface area contributed by atoms with Gasteiger partial charge in [0.15, 0.2) is 0 Å². The van der Waals surface area contributed by atoms with Crippen molar-refractivity contribution in [2.24, 2.45) is 5.10 Å². The number of halogens is 5. The number of alkyl halides is 3. The number of hydrogen-bond acceptors (Lipinski definition) is 3. The molecule has 1 N–H and O–H groups in total. The third-order valence-corrected chi connectivity index (χ3v) is 4.12. The Morgan fingerprint density at radius 1 is 1.19 bits per heavy atom. The van der Waals surface area contributed by atoms with Crippen LogP contribution in [0.15, 0.2) is 53.6 Å². The highest BCUT2D eigenvalue weighted by atomic mass is 35.5. The molecule has 1 amide bonds. The smallest absolute Gasteiger partial charge is 0.362 e. The monoisotopic (exact) mass is 386 g/mol. The van der Waals surface area contributed by atoms with Gasteiger partial charge < -0.3 is 5.11 Å². The largest absolute Gasteiger partial charge is 0.438 e. The maximum absolute atomic E-state index is 13.5. The summed E-state index contributed by atoms with van der Waals surface area (Å²) < 4.78 is 53.5. The van der Waals surface area contributed by atoms with Gasteiger partial charge in [0.25, 0.3) is 11.6 Å². The first-order chi connectivity index (χ1) is 12.1. The van der Waals surface area contributed by atoms with E-state index in [2.05, 4.69) is 5.10 Å². The zero-order valence-corrected chi connectivity index (χ0v) is 13.7. The molecule has 0 radical (unpaired) electrons. The van der Waals surface area contributed by atoms with Crippen molar-refractivity contribution in [3.8, 4) is 0 Å². The molecular weight excluding hydrogens is 376 g/mol. The lowest BCUT2D eigenvalue weighted by atomic mass is 10.0. The summed E-state index contributed by atoms with van der Waals surface area (Å²) in [5, 5.41) is 14.1. The Hall–Kier alpha value is -2.45. The number of aliphatic hydroxyl groups is 1. The van der Waals surface area contributed by atoms with Crippen molar-refractivity contribution in [2.45, 2.75) is 18.3 Å². The molecule has 26 heavy (non-hydrogen) atoms. The Morgan fingerprint density at radius 2 is 1.85 bits per heavy atom. The SMILES string of the molecule is O=C(c1cccc(Cl)c1)N1N=C(c2ccc(F)cc2)C[C@]1(O)C(F)(F)F. The van der Waals surface area contributed by atoms with E-state index in [-0.39, 0.29) is 26.9 Å². The van der Waals surface area contributed by atoms with Crippen molar-refractivity contribution >= 4 is 23.2 Å². The Morgan fingerprint density at radius 3 is 2.42 bits per heavy atom. The fourth-order valence-corrected chi connectivity index (χ4v) is 2.72. The number of amides is 1. The van der Waals surface area contributed by atoms with Crippen molar-refractivity contribution in [3.63, 3.8) is 0 Å². The molecule has 0 saturated carbocycles. The van der Waals surface area contributed by atoms with E-state index in [0.29, 0.717) is 0 Å². The first-order valence-corrected chi connectivity index (χ1v) is 7.72. The van der Waals surface area contributed by atoms with Crippen molar-refractivity contribution in [3.05, 3.63) is 70.5 Å². The van der Waals surface area contributed by atoms with E-state index in [1.54, 1.807) is 0 Å². The van der Waals surface area contributed by atoms with E-state index in [9.17, 15) is 27.5 Å². The number of hydrogen-bond donors (Lipinski definition) is 1. The van der Waals surface area contributed by atoms with Gasteiger partial charge in [0, 0.05) is 10.6 Å². The van der Waals surface area contributed by atoms with Crippen LogP contribution in [-0.2, 0) is 0 Å². The molecule has 1 heterocycles. The highest BCUT2D eigenvalue weighted by molar-refractivity contribution is 6.31.